The predicted octanol–water partition coefficient (Wildman–Crippen LogP) is 3.37. The molecule has 0 radical (unpaired) electrons. The molecule has 0 aliphatic rings. The summed E-state index contributed by atoms with van der Waals surface area (Å²) in [5.41, 5.74) is 7.69. The Bertz CT molecular complexity index is 676. The average Bonchev–Trinajstić information content (AvgIpc) is 2.41. The maximum absolute atomic E-state index is 14.0. The Hall–Kier alpha value is -2.06. The lowest BCUT2D eigenvalue weighted by molar-refractivity contribution is 0.631. The molecule has 96 valence electrons. The Balaban J connectivity index is 2.86. The van der Waals surface area contributed by atoms with Gasteiger partial charge in [0.1, 0.15) is 28.3 Å². The highest BCUT2D eigenvalue weighted by molar-refractivity contribution is 7.98. The normalized spacial score (nSPS) is 10.2. The third-order valence-electron chi connectivity index (χ3n) is 2.87. The number of aromatic nitrogens is 1. The molecule has 2 aromatic rings. The summed E-state index contributed by atoms with van der Waals surface area (Å²) in [4.78, 5) is 4.17. The molecule has 0 aliphatic carbocycles. The second kappa shape index (κ2) is 5.29. The maximum atomic E-state index is 14.0. The van der Waals surface area contributed by atoms with E-state index in [0.717, 1.165) is 5.56 Å². The zero-order valence-electron chi connectivity index (χ0n) is 10.6. The first-order chi connectivity index (χ1) is 9.10. The number of pyridine rings is 1. The van der Waals surface area contributed by atoms with E-state index < -0.39 is 0 Å². The van der Waals surface area contributed by atoms with E-state index in [2.05, 4.69) is 4.98 Å². The van der Waals surface area contributed by atoms with Crippen LogP contribution in [0.5, 0.6) is 0 Å². The lowest BCUT2D eigenvalue weighted by Crippen LogP contribution is -2.03. The minimum Gasteiger partial charge on any atom is -0.383 e. The van der Waals surface area contributed by atoms with Crippen molar-refractivity contribution >= 4 is 17.6 Å². The lowest BCUT2D eigenvalue weighted by Gasteiger charge is -2.13. The van der Waals surface area contributed by atoms with Gasteiger partial charge in [0.15, 0.2) is 0 Å². The molecule has 2 rings (SSSR count). The van der Waals surface area contributed by atoms with Crippen LogP contribution in [0.4, 0.5) is 10.2 Å². The van der Waals surface area contributed by atoms with Crippen molar-refractivity contribution < 1.29 is 4.39 Å². The third kappa shape index (κ3) is 2.27. The monoisotopic (exact) mass is 273 g/mol. The van der Waals surface area contributed by atoms with Crippen LogP contribution in [0.1, 0.15) is 11.1 Å². The summed E-state index contributed by atoms with van der Waals surface area (Å²) in [5.74, 6) is -0.240. The van der Waals surface area contributed by atoms with Crippen LogP contribution in [-0.4, -0.2) is 11.2 Å². The Labute approximate surface area is 115 Å². The molecule has 0 spiro atoms. The number of benzene rings is 1. The Morgan fingerprint density at radius 2 is 2.05 bits per heavy atom. The van der Waals surface area contributed by atoms with Crippen LogP contribution in [0.25, 0.3) is 11.1 Å². The van der Waals surface area contributed by atoms with Gasteiger partial charge in [0, 0.05) is 11.1 Å². The summed E-state index contributed by atoms with van der Waals surface area (Å²) in [5, 5.41) is 9.94. The van der Waals surface area contributed by atoms with Crippen molar-refractivity contribution in [3.8, 4) is 17.2 Å². The predicted molar refractivity (Wildman–Crippen MR) is 75.3 cm³/mol. The average molecular weight is 273 g/mol. The van der Waals surface area contributed by atoms with Crippen LogP contribution < -0.4 is 5.73 Å². The topological polar surface area (TPSA) is 62.7 Å². The number of nitrogen functional groups attached to an aromatic ring is 1. The van der Waals surface area contributed by atoms with E-state index >= 15 is 0 Å². The number of nitrogens with zero attached hydrogens (tertiary/aromatic N) is 2. The molecule has 0 unspecified atom stereocenters. The molecule has 5 heteroatoms. The molecule has 1 heterocycles. The van der Waals surface area contributed by atoms with Gasteiger partial charge in [-0.2, -0.15) is 5.26 Å². The molecule has 1 aromatic heterocycles. The van der Waals surface area contributed by atoms with Gasteiger partial charge in [0.05, 0.1) is 0 Å². The Kier molecular flexibility index (Phi) is 3.72. The molecule has 0 saturated carbocycles. The maximum Gasteiger partial charge on any atom is 0.143 e. The van der Waals surface area contributed by atoms with E-state index in [1.54, 1.807) is 18.2 Å². The van der Waals surface area contributed by atoms with Crippen molar-refractivity contribution in [2.75, 3.05) is 12.0 Å². The minimum atomic E-state index is -0.375. The van der Waals surface area contributed by atoms with Gasteiger partial charge in [-0.25, -0.2) is 9.37 Å². The van der Waals surface area contributed by atoms with Gasteiger partial charge in [-0.15, -0.1) is 11.8 Å². The van der Waals surface area contributed by atoms with Crippen LogP contribution in [0.15, 0.2) is 29.3 Å². The number of thioether (sulfide) groups is 1. The summed E-state index contributed by atoms with van der Waals surface area (Å²) in [6.45, 7) is 1.82. The number of anilines is 1. The second-order valence-corrected chi connectivity index (χ2v) is 4.77. The standard InChI is InChI=1S/C14H12FN3S/c1-8-12(9-5-3-4-6-11(9)15)10(7-16)13(17)18-14(8)19-2/h3-6H,1-2H3,(H2,17,18). The van der Waals surface area contributed by atoms with E-state index in [-0.39, 0.29) is 17.2 Å². The molecule has 2 N–H and O–H groups in total. The fourth-order valence-electron chi connectivity index (χ4n) is 1.98. The molecule has 0 amide bonds. The zero-order valence-corrected chi connectivity index (χ0v) is 11.4. The molecule has 0 saturated heterocycles. The largest absolute Gasteiger partial charge is 0.383 e. The van der Waals surface area contributed by atoms with Gasteiger partial charge in [-0.3, -0.25) is 0 Å². The summed E-state index contributed by atoms with van der Waals surface area (Å²) in [6, 6.07) is 8.37. The number of nitrogens with two attached hydrogens (primary N) is 1. The zero-order chi connectivity index (χ0) is 14.0. The third-order valence-corrected chi connectivity index (χ3v) is 3.66. The molecular weight excluding hydrogens is 261 g/mol. The molecule has 0 fully saturated rings. The summed E-state index contributed by atoms with van der Waals surface area (Å²) in [6.07, 6.45) is 1.87. The highest BCUT2D eigenvalue weighted by Crippen LogP contribution is 2.35. The fraction of sp³-hybridized carbons (Fsp3) is 0.143. The molecule has 0 bridgehead atoms. The van der Waals surface area contributed by atoms with Crippen LogP contribution in [-0.2, 0) is 0 Å². The van der Waals surface area contributed by atoms with E-state index in [4.69, 9.17) is 5.73 Å². The first-order valence-corrected chi connectivity index (χ1v) is 6.81. The van der Waals surface area contributed by atoms with E-state index in [9.17, 15) is 9.65 Å². The molecular formula is C14H12FN3S. The fourth-order valence-corrected chi connectivity index (χ4v) is 2.58. The van der Waals surface area contributed by atoms with Crippen LogP contribution >= 0.6 is 11.8 Å². The molecule has 19 heavy (non-hydrogen) atoms. The van der Waals surface area contributed by atoms with Crippen molar-refractivity contribution in [2.45, 2.75) is 11.9 Å². The smallest absolute Gasteiger partial charge is 0.143 e. The molecule has 0 aliphatic heterocycles. The first kappa shape index (κ1) is 13.4. The van der Waals surface area contributed by atoms with Gasteiger partial charge in [0.2, 0.25) is 0 Å². The van der Waals surface area contributed by atoms with Crippen molar-refractivity contribution in [1.29, 1.82) is 5.26 Å². The van der Waals surface area contributed by atoms with Crippen molar-refractivity contribution in [3.63, 3.8) is 0 Å². The SMILES string of the molecule is CSc1nc(N)c(C#N)c(-c2ccccc2F)c1C. The quantitative estimate of drug-likeness (QED) is 0.852. The van der Waals surface area contributed by atoms with Crippen LogP contribution in [0.3, 0.4) is 0 Å². The van der Waals surface area contributed by atoms with E-state index in [1.807, 2.05) is 19.2 Å². The highest BCUT2D eigenvalue weighted by Gasteiger charge is 2.18. The molecule has 1 aromatic carbocycles. The lowest BCUT2D eigenvalue weighted by atomic mass is 9.97. The van der Waals surface area contributed by atoms with Gasteiger partial charge in [0.25, 0.3) is 0 Å². The number of halogens is 1. The summed E-state index contributed by atoms with van der Waals surface area (Å²) < 4.78 is 14.0. The highest BCUT2D eigenvalue weighted by atomic mass is 32.2. The van der Waals surface area contributed by atoms with Gasteiger partial charge in [-0.05, 0) is 24.8 Å². The minimum absolute atomic E-state index is 0.135. The van der Waals surface area contributed by atoms with E-state index in [0.29, 0.717) is 16.2 Å². The van der Waals surface area contributed by atoms with Crippen molar-refractivity contribution in [3.05, 3.63) is 41.2 Å². The van der Waals surface area contributed by atoms with Crippen LogP contribution in [0.2, 0.25) is 0 Å². The second-order valence-electron chi connectivity index (χ2n) is 3.97. The molecule has 0 atom stereocenters. The van der Waals surface area contributed by atoms with Gasteiger partial charge >= 0.3 is 0 Å². The van der Waals surface area contributed by atoms with Gasteiger partial charge < -0.3 is 5.73 Å². The summed E-state index contributed by atoms with van der Waals surface area (Å²) >= 11 is 1.42. The van der Waals surface area contributed by atoms with Crippen molar-refractivity contribution in [1.82, 2.24) is 4.98 Å². The van der Waals surface area contributed by atoms with Crippen molar-refractivity contribution in [2.24, 2.45) is 0 Å². The van der Waals surface area contributed by atoms with E-state index in [1.165, 1.54) is 17.8 Å². The first-order valence-electron chi connectivity index (χ1n) is 5.59. The number of hydrogen-bond acceptors (Lipinski definition) is 4. The molecule has 3 nitrogen and oxygen atoms in total. The summed E-state index contributed by atoms with van der Waals surface area (Å²) in [7, 11) is 0. The van der Waals surface area contributed by atoms with Gasteiger partial charge in [-0.1, -0.05) is 18.2 Å². The Morgan fingerprint density at radius 3 is 2.63 bits per heavy atom. The Morgan fingerprint density at radius 1 is 1.37 bits per heavy atom. The van der Waals surface area contributed by atoms with Crippen LogP contribution in [0, 0.1) is 24.1 Å². The number of nitriles is 1. The number of hydrogen-bond donors (Lipinski definition) is 1. The number of rotatable bonds is 2.